The molecule has 0 rings (SSSR count). The minimum atomic E-state index is -7.96. The van der Waals surface area contributed by atoms with Crippen molar-refractivity contribution in [2.75, 3.05) is 0 Å². The van der Waals surface area contributed by atoms with Crippen molar-refractivity contribution in [1.29, 1.82) is 0 Å². The molecule has 0 radical (unpaired) electrons. The minimum Gasteiger partial charge on any atom is -0.203 e. The van der Waals surface area contributed by atoms with Gasteiger partial charge in [-0.15, -0.1) is 0 Å². The van der Waals surface area contributed by atoms with Crippen LogP contribution >= 0.6 is 0 Å². The summed E-state index contributed by atoms with van der Waals surface area (Å²) in [6.07, 6.45) is -15.2. The van der Waals surface area contributed by atoms with Crippen molar-refractivity contribution >= 4 is 0 Å². The second-order valence-corrected chi connectivity index (χ2v) is 5.51. The Labute approximate surface area is 141 Å². The second-order valence-electron chi connectivity index (χ2n) is 5.51. The average Bonchev–Trinajstić information content (AvgIpc) is 2.44. The fourth-order valence-electron chi connectivity index (χ4n) is 1.93. The maximum absolute atomic E-state index is 13.6. The van der Waals surface area contributed by atoms with Gasteiger partial charge >= 0.3 is 42.2 Å². The number of rotatable bonds is 9. The van der Waals surface area contributed by atoms with Crippen LogP contribution in [0.25, 0.3) is 0 Å². The number of halogens is 15. The first-order valence-electron chi connectivity index (χ1n) is 6.87. The Hall–Kier alpha value is -1.05. The topological polar surface area (TPSA) is 0 Å². The molecule has 0 spiro atoms. The van der Waals surface area contributed by atoms with Crippen molar-refractivity contribution in [1.82, 2.24) is 0 Å². The molecule has 0 aliphatic heterocycles. The van der Waals surface area contributed by atoms with Gasteiger partial charge in [0.25, 0.3) is 0 Å². The standard InChI is InChI=1S/C12H11F15/c1-2-3-4-5(9(19,20)21)7(15,16)10(22,23)12(26,27)11(24,25)8(17,18)6(13)14/h5-6H,2-4H2,1H3. The van der Waals surface area contributed by atoms with Crippen LogP contribution in [0.15, 0.2) is 0 Å². The highest BCUT2D eigenvalue weighted by atomic mass is 19.4. The third-order valence-electron chi connectivity index (χ3n) is 3.58. The van der Waals surface area contributed by atoms with Crippen LogP contribution in [-0.2, 0) is 0 Å². The molecule has 0 aliphatic carbocycles. The lowest BCUT2D eigenvalue weighted by Crippen LogP contribution is -2.70. The summed E-state index contributed by atoms with van der Waals surface area (Å²) < 4.78 is 193. The Bertz CT molecular complexity index is 490. The second kappa shape index (κ2) is 7.41. The molecule has 0 N–H and O–H groups in total. The van der Waals surface area contributed by atoms with Gasteiger partial charge in [-0.25, -0.2) is 8.78 Å². The van der Waals surface area contributed by atoms with Crippen LogP contribution in [0.1, 0.15) is 26.2 Å². The SMILES string of the molecule is CCCCC(C(F)(F)F)C(F)(F)C(F)(F)C(F)(F)C(F)(F)C(F)(F)C(F)F. The van der Waals surface area contributed by atoms with Crippen molar-refractivity contribution in [3.8, 4) is 0 Å². The van der Waals surface area contributed by atoms with E-state index in [4.69, 9.17) is 0 Å². The Morgan fingerprint density at radius 2 is 0.963 bits per heavy atom. The zero-order valence-electron chi connectivity index (χ0n) is 12.9. The fourth-order valence-corrected chi connectivity index (χ4v) is 1.93. The summed E-state index contributed by atoms with van der Waals surface area (Å²) in [6, 6.07) is 0. The van der Waals surface area contributed by atoms with E-state index >= 15 is 0 Å². The Morgan fingerprint density at radius 3 is 1.26 bits per heavy atom. The van der Waals surface area contributed by atoms with Crippen molar-refractivity contribution in [3.05, 3.63) is 0 Å². The highest BCUT2D eigenvalue weighted by Crippen LogP contribution is 2.61. The molecule has 15 heteroatoms. The van der Waals surface area contributed by atoms with Gasteiger partial charge in [-0.05, 0) is 6.42 Å². The lowest BCUT2D eigenvalue weighted by Gasteiger charge is -2.41. The number of hydrogen-bond acceptors (Lipinski definition) is 0. The van der Waals surface area contributed by atoms with E-state index in [2.05, 4.69) is 0 Å². The molecule has 0 aromatic carbocycles. The van der Waals surface area contributed by atoms with Gasteiger partial charge in [0.2, 0.25) is 0 Å². The first kappa shape index (κ1) is 26.0. The van der Waals surface area contributed by atoms with E-state index in [1.165, 1.54) is 0 Å². The summed E-state index contributed by atoms with van der Waals surface area (Å²) in [4.78, 5) is 0. The molecule has 0 fully saturated rings. The van der Waals surface area contributed by atoms with Crippen LogP contribution in [0, 0.1) is 5.92 Å². The average molecular weight is 440 g/mol. The van der Waals surface area contributed by atoms with Gasteiger partial charge in [0.15, 0.2) is 0 Å². The molecule has 0 bridgehead atoms. The van der Waals surface area contributed by atoms with E-state index in [1.807, 2.05) is 0 Å². The predicted molar refractivity (Wildman–Crippen MR) is 59.8 cm³/mol. The van der Waals surface area contributed by atoms with Gasteiger partial charge < -0.3 is 0 Å². The van der Waals surface area contributed by atoms with Crippen molar-refractivity contribution in [3.63, 3.8) is 0 Å². The molecule has 0 aliphatic rings. The summed E-state index contributed by atoms with van der Waals surface area (Å²) >= 11 is 0. The summed E-state index contributed by atoms with van der Waals surface area (Å²) in [7, 11) is 0. The molecule has 1 unspecified atom stereocenters. The van der Waals surface area contributed by atoms with Gasteiger partial charge in [-0.1, -0.05) is 19.8 Å². The molecule has 164 valence electrons. The molecule has 0 aromatic rings. The molecule has 1 atom stereocenters. The Balaban J connectivity index is 6.40. The smallest absolute Gasteiger partial charge is 0.203 e. The quantitative estimate of drug-likeness (QED) is 0.346. The highest BCUT2D eigenvalue weighted by Gasteiger charge is 2.89. The molecular formula is C12H11F15. The molecule has 27 heavy (non-hydrogen) atoms. The van der Waals surface area contributed by atoms with Gasteiger partial charge in [0, 0.05) is 0 Å². The third kappa shape index (κ3) is 4.05. The van der Waals surface area contributed by atoms with Crippen LogP contribution < -0.4 is 0 Å². The first-order valence-corrected chi connectivity index (χ1v) is 6.87. The summed E-state index contributed by atoms with van der Waals surface area (Å²) in [5, 5.41) is 0. The lowest BCUT2D eigenvalue weighted by atomic mass is 9.84. The lowest BCUT2D eigenvalue weighted by molar-refractivity contribution is -0.427. The predicted octanol–water partition coefficient (Wildman–Crippen LogP) is 6.80. The van der Waals surface area contributed by atoms with Crippen LogP contribution in [0.5, 0.6) is 0 Å². The van der Waals surface area contributed by atoms with Crippen molar-refractivity contribution in [2.24, 2.45) is 5.92 Å². The maximum atomic E-state index is 13.6. The number of unbranched alkanes of at least 4 members (excludes halogenated alkanes) is 1. The van der Waals surface area contributed by atoms with Crippen LogP contribution in [-0.4, -0.2) is 42.2 Å². The third-order valence-corrected chi connectivity index (χ3v) is 3.58. The normalized spacial score (nSPS) is 16.8. The molecule has 0 saturated carbocycles. The van der Waals surface area contributed by atoms with E-state index in [9.17, 15) is 65.9 Å². The first-order chi connectivity index (χ1) is 11.6. The largest absolute Gasteiger partial charge is 0.397 e. The number of alkyl halides is 15. The van der Waals surface area contributed by atoms with Gasteiger partial charge in [0.1, 0.15) is 5.92 Å². The molecule has 0 nitrogen and oxygen atoms in total. The highest BCUT2D eigenvalue weighted by molar-refractivity contribution is 5.11. The summed E-state index contributed by atoms with van der Waals surface area (Å²) in [5.41, 5.74) is 0. The molecule has 0 heterocycles. The number of hydrogen-bond donors (Lipinski definition) is 0. The van der Waals surface area contributed by atoms with Crippen LogP contribution in [0.4, 0.5) is 65.9 Å². The zero-order valence-corrected chi connectivity index (χ0v) is 12.9. The molecular weight excluding hydrogens is 429 g/mol. The van der Waals surface area contributed by atoms with Crippen LogP contribution in [0.3, 0.4) is 0 Å². The van der Waals surface area contributed by atoms with Gasteiger partial charge in [-0.3, -0.25) is 0 Å². The minimum absolute atomic E-state index is 0.343. The van der Waals surface area contributed by atoms with E-state index in [0.29, 0.717) is 0 Å². The Morgan fingerprint density at radius 1 is 0.593 bits per heavy atom. The maximum Gasteiger partial charge on any atom is 0.397 e. The van der Waals surface area contributed by atoms with Gasteiger partial charge in [0.05, 0.1) is 0 Å². The molecule has 0 amide bonds. The monoisotopic (exact) mass is 440 g/mol. The van der Waals surface area contributed by atoms with E-state index in [0.717, 1.165) is 6.92 Å². The summed E-state index contributed by atoms with van der Waals surface area (Å²) in [5.74, 6) is -42.4. The fraction of sp³-hybridized carbons (Fsp3) is 1.00. The van der Waals surface area contributed by atoms with E-state index in [-0.39, 0.29) is 6.42 Å². The van der Waals surface area contributed by atoms with Crippen molar-refractivity contribution in [2.45, 2.75) is 68.4 Å². The van der Waals surface area contributed by atoms with Crippen LogP contribution in [0.2, 0.25) is 0 Å². The zero-order chi connectivity index (χ0) is 22.3. The molecule has 0 saturated heterocycles. The van der Waals surface area contributed by atoms with Gasteiger partial charge in [-0.2, -0.15) is 57.1 Å². The summed E-state index contributed by atoms with van der Waals surface area (Å²) in [6.45, 7) is 1.08. The molecule has 0 aromatic heterocycles. The van der Waals surface area contributed by atoms with E-state index in [1.54, 1.807) is 0 Å². The van der Waals surface area contributed by atoms with E-state index < -0.39 is 61.0 Å². The van der Waals surface area contributed by atoms with Crippen molar-refractivity contribution < 1.29 is 65.9 Å². The Kier molecular flexibility index (Phi) is 7.12.